The Morgan fingerprint density at radius 2 is 1.75 bits per heavy atom. The summed E-state index contributed by atoms with van der Waals surface area (Å²) in [5, 5.41) is 9.48. The topological polar surface area (TPSA) is 38.7 Å². The molecule has 2 aromatic rings. The Hall–Kier alpha value is -2.00. The highest BCUT2D eigenvalue weighted by Gasteiger charge is 2.07. The van der Waals surface area contributed by atoms with Crippen molar-refractivity contribution in [3.63, 3.8) is 0 Å². The minimum absolute atomic E-state index is 0.470. The van der Waals surface area contributed by atoms with E-state index in [1.54, 1.807) is 14.0 Å². The van der Waals surface area contributed by atoms with Crippen LogP contribution >= 0.6 is 0 Å². The molecule has 0 bridgehead atoms. The van der Waals surface area contributed by atoms with Gasteiger partial charge in [-0.1, -0.05) is 25.1 Å². The number of aliphatic hydroxyl groups is 1. The molecule has 0 radical (unpaired) electrons. The van der Waals surface area contributed by atoms with Crippen LogP contribution in [0.15, 0.2) is 42.5 Å². The predicted molar refractivity (Wildman–Crippen MR) is 79.5 cm³/mol. The maximum absolute atomic E-state index is 9.48. The van der Waals surface area contributed by atoms with Crippen LogP contribution in [0.3, 0.4) is 0 Å². The number of aliphatic hydroxyl groups excluding tert-OH is 1. The molecular formula is C17H20O3. The molecule has 0 unspecified atom stereocenters. The molecule has 0 fully saturated rings. The zero-order chi connectivity index (χ0) is 14.5. The molecule has 1 atom stereocenters. The summed E-state index contributed by atoms with van der Waals surface area (Å²) in [6.07, 6.45) is 0.488. The van der Waals surface area contributed by atoms with E-state index in [0.29, 0.717) is 5.75 Å². The Labute approximate surface area is 119 Å². The first-order valence-corrected chi connectivity index (χ1v) is 6.76. The number of rotatable bonds is 5. The molecule has 0 saturated carbocycles. The zero-order valence-corrected chi connectivity index (χ0v) is 12.1. The summed E-state index contributed by atoms with van der Waals surface area (Å²) < 4.78 is 11.2. The number of aryl methyl sites for hydroxylation is 1. The minimum atomic E-state index is -0.470. The Balaban J connectivity index is 2.20. The Morgan fingerprint density at radius 3 is 2.30 bits per heavy atom. The highest BCUT2D eigenvalue weighted by molar-refractivity contribution is 5.45. The highest BCUT2D eigenvalue weighted by Crippen LogP contribution is 2.32. The van der Waals surface area contributed by atoms with Gasteiger partial charge < -0.3 is 14.6 Å². The van der Waals surface area contributed by atoms with E-state index in [0.717, 1.165) is 23.5 Å². The van der Waals surface area contributed by atoms with Crippen molar-refractivity contribution >= 4 is 0 Å². The summed E-state index contributed by atoms with van der Waals surface area (Å²) in [6, 6.07) is 13.3. The molecule has 0 aliphatic carbocycles. The maximum atomic E-state index is 9.48. The maximum Gasteiger partial charge on any atom is 0.169 e. The lowest BCUT2D eigenvalue weighted by Crippen LogP contribution is -1.93. The van der Waals surface area contributed by atoms with Crippen molar-refractivity contribution in [2.24, 2.45) is 0 Å². The van der Waals surface area contributed by atoms with Crippen molar-refractivity contribution in [1.82, 2.24) is 0 Å². The smallest absolute Gasteiger partial charge is 0.169 e. The lowest BCUT2D eigenvalue weighted by atomic mass is 10.1. The third-order valence-corrected chi connectivity index (χ3v) is 3.23. The SMILES string of the molecule is CCc1ccc(Oc2ccc([C@@H](C)O)cc2)c(OC)c1. The van der Waals surface area contributed by atoms with E-state index in [4.69, 9.17) is 9.47 Å². The molecule has 0 spiro atoms. The van der Waals surface area contributed by atoms with E-state index in [9.17, 15) is 5.11 Å². The summed E-state index contributed by atoms with van der Waals surface area (Å²) in [6.45, 7) is 3.84. The fraction of sp³-hybridized carbons (Fsp3) is 0.294. The number of hydrogen-bond donors (Lipinski definition) is 1. The number of benzene rings is 2. The molecule has 3 nitrogen and oxygen atoms in total. The average molecular weight is 272 g/mol. The predicted octanol–water partition coefficient (Wildman–Crippen LogP) is 4.10. The lowest BCUT2D eigenvalue weighted by Gasteiger charge is -2.12. The van der Waals surface area contributed by atoms with Crippen molar-refractivity contribution in [2.75, 3.05) is 7.11 Å². The first kappa shape index (κ1) is 14.4. The van der Waals surface area contributed by atoms with Crippen molar-refractivity contribution in [2.45, 2.75) is 26.4 Å². The Morgan fingerprint density at radius 1 is 1.05 bits per heavy atom. The van der Waals surface area contributed by atoms with Crippen LogP contribution in [0, 0.1) is 0 Å². The van der Waals surface area contributed by atoms with Crippen LogP contribution in [0.25, 0.3) is 0 Å². The molecule has 0 aromatic heterocycles. The molecule has 0 amide bonds. The normalized spacial score (nSPS) is 12.0. The molecular weight excluding hydrogens is 252 g/mol. The quantitative estimate of drug-likeness (QED) is 0.890. The van der Waals surface area contributed by atoms with Crippen LogP contribution in [0.4, 0.5) is 0 Å². The molecule has 0 saturated heterocycles. The molecule has 0 aliphatic heterocycles. The molecule has 2 rings (SSSR count). The number of methoxy groups -OCH3 is 1. The second-order valence-corrected chi connectivity index (χ2v) is 4.69. The zero-order valence-electron chi connectivity index (χ0n) is 12.1. The summed E-state index contributed by atoms with van der Waals surface area (Å²) in [5.74, 6) is 2.13. The molecule has 1 N–H and O–H groups in total. The van der Waals surface area contributed by atoms with Crippen molar-refractivity contribution < 1.29 is 14.6 Å². The highest BCUT2D eigenvalue weighted by atomic mass is 16.5. The van der Waals surface area contributed by atoms with Crippen molar-refractivity contribution in [1.29, 1.82) is 0 Å². The average Bonchev–Trinajstić information content (AvgIpc) is 2.48. The summed E-state index contributed by atoms with van der Waals surface area (Å²) in [5.41, 5.74) is 2.07. The monoisotopic (exact) mass is 272 g/mol. The molecule has 20 heavy (non-hydrogen) atoms. The van der Waals surface area contributed by atoms with Gasteiger partial charge in [0.1, 0.15) is 5.75 Å². The van der Waals surface area contributed by atoms with Crippen LogP contribution in [0.2, 0.25) is 0 Å². The van der Waals surface area contributed by atoms with Crippen LogP contribution in [0.5, 0.6) is 17.2 Å². The van der Waals surface area contributed by atoms with Crippen molar-refractivity contribution in [3.05, 3.63) is 53.6 Å². The first-order chi connectivity index (χ1) is 9.63. The van der Waals surface area contributed by atoms with Crippen LogP contribution in [-0.2, 0) is 6.42 Å². The van der Waals surface area contributed by atoms with Gasteiger partial charge in [0, 0.05) is 0 Å². The fourth-order valence-electron chi connectivity index (χ4n) is 1.96. The van der Waals surface area contributed by atoms with Gasteiger partial charge in [0.15, 0.2) is 11.5 Å². The summed E-state index contributed by atoms with van der Waals surface area (Å²) in [4.78, 5) is 0. The van der Waals surface area contributed by atoms with E-state index in [1.807, 2.05) is 42.5 Å². The first-order valence-electron chi connectivity index (χ1n) is 6.76. The third kappa shape index (κ3) is 3.31. The van der Waals surface area contributed by atoms with E-state index in [1.165, 1.54) is 5.56 Å². The van der Waals surface area contributed by atoms with Gasteiger partial charge in [-0.25, -0.2) is 0 Å². The van der Waals surface area contributed by atoms with E-state index >= 15 is 0 Å². The van der Waals surface area contributed by atoms with Gasteiger partial charge in [0.2, 0.25) is 0 Å². The van der Waals surface area contributed by atoms with Gasteiger partial charge in [-0.2, -0.15) is 0 Å². The largest absolute Gasteiger partial charge is 0.493 e. The second kappa shape index (κ2) is 6.44. The third-order valence-electron chi connectivity index (χ3n) is 3.23. The molecule has 106 valence electrons. The Bertz CT molecular complexity index is 559. The second-order valence-electron chi connectivity index (χ2n) is 4.69. The standard InChI is InChI=1S/C17H20O3/c1-4-13-5-10-16(17(11-13)19-3)20-15-8-6-14(7-9-15)12(2)18/h5-12,18H,4H2,1-3H3/t12-/m1/s1. The molecule has 0 heterocycles. The summed E-state index contributed by atoms with van der Waals surface area (Å²) in [7, 11) is 1.64. The van der Waals surface area contributed by atoms with Crippen molar-refractivity contribution in [3.8, 4) is 17.2 Å². The van der Waals surface area contributed by atoms with Crippen LogP contribution < -0.4 is 9.47 Å². The van der Waals surface area contributed by atoms with Crippen LogP contribution in [0.1, 0.15) is 31.1 Å². The lowest BCUT2D eigenvalue weighted by molar-refractivity contribution is 0.199. The fourth-order valence-corrected chi connectivity index (χ4v) is 1.96. The van der Waals surface area contributed by atoms with E-state index < -0.39 is 6.10 Å². The van der Waals surface area contributed by atoms with E-state index in [2.05, 4.69) is 6.92 Å². The van der Waals surface area contributed by atoms with E-state index in [-0.39, 0.29) is 0 Å². The molecule has 2 aromatic carbocycles. The van der Waals surface area contributed by atoms with Gasteiger partial charge in [-0.15, -0.1) is 0 Å². The molecule has 3 heteroatoms. The van der Waals surface area contributed by atoms with Gasteiger partial charge in [-0.3, -0.25) is 0 Å². The Kier molecular flexibility index (Phi) is 4.64. The van der Waals surface area contributed by atoms with Gasteiger partial charge >= 0.3 is 0 Å². The summed E-state index contributed by atoms with van der Waals surface area (Å²) >= 11 is 0. The minimum Gasteiger partial charge on any atom is -0.493 e. The van der Waals surface area contributed by atoms with Gasteiger partial charge in [0.05, 0.1) is 13.2 Å². The van der Waals surface area contributed by atoms with Gasteiger partial charge in [0.25, 0.3) is 0 Å². The molecule has 0 aliphatic rings. The number of hydrogen-bond acceptors (Lipinski definition) is 3. The number of ether oxygens (including phenoxy) is 2. The van der Waals surface area contributed by atoms with Crippen LogP contribution in [-0.4, -0.2) is 12.2 Å². The van der Waals surface area contributed by atoms with Gasteiger partial charge in [-0.05, 0) is 48.7 Å².